The Morgan fingerprint density at radius 1 is 1.41 bits per heavy atom. The molecule has 1 fully saturated rings. The van der Waals surface area contributed by atoms with E-state index in [1.54, 1.807) is 0 Å². The SMILES string of the molecule is CCN1CCN(C(=O)[C@@H](N)CC(C)C)CC1C. The number of nitrogens with zero attached hydrogens (tertiary/aromatic N) is 2. The number of carbonyl (C=O) groups is 1. The summed E-state index contributed by atoms with van der Waals surface area (Å²) in [6.07, 6.45) is 0.779. The summed E-state index contributed by atoms with van der Waals surface area (Å²) in [6.45, 7) is 12.2. The molecule has 17 heavy (non-hydrogen) atoms. The summed E-state index contributed by atoms with van der Waals surface area (Å²) >= 11 is 0. The number of rotatable bonds is 4. The summed E-state index contributed by atoms with van der Waals surface area (Å²) in [6, 6.07) is 0.124. The fourth-order valence-corrected chi connectivity index (χ4v) is 2.51. The summed E-state index contributed by atoms with van der Waals surface area (Å²) in [5.41, 5.74) is 5.96. The zero-order valence-corrected chi connectivity index (χ0v) is 11.6. The molecule has 0 bridgehead atoms. The Morgan fingerprint density at radius 2 is 2.06 bits per heavy atom. The van der Waals surface area contributed by atoms with Crippen LogP contribution in [0.5, 0.6) is 0 Å². The normalized spacial score (nSPS) is 24.1. The molecule has 100 valence electrons. The van der Waals surface area contributed by atoms with Gasteiger partial charge in [0.15, 0.2) is 0 Å². The fourth-order valence-electron chi connectivity index (χ4n) is 2.51. The topological polar surface area (TPSA) is 49.6 Å². The first-order valence-electron chi connectivity index (χ1n) is 6.74. The molecule has 0 aliphatic carbocycles. The van der Waals surface area contributed by atoms with Crippen LogP contribution < -0.4 is 5.73 Å². The second kappa shape index (κ2) is 6.36. The minimum Gasteiger partial charge on any atom is -0.339 e. The van der Waals surface area contributed by atoms with Crippen molar-refractivity contribution in [2.75, 3.05) is 26.2 Å². The lowest BCUT2D eigenvalue weighted by atomic mass is 10.0. The Kier molecular flexibility index (Phi) is 5.40. The zero-order valence-electron chi connectivity index (χ0n) is 11.6. The highest BCUT2D eigenvalue weighted by atomic mass is 16.2. The number of piperazine rings is 1. The maximum absolute atomic E-state index is 12.2. The molecule has 1 saturated heterocycles. The van der Waals surface area contributed by atoms with Crippen molar-refractivity contribution in [2.24, 2.45) is 11.7 Å². The highest BCUT2D eigenvalue weighted by Crippen LogP contribution is 2.12. The van der Waals surface area contributed by atoms with E-state index < -0.39 is 0 Å². The Hall–Kier alpha value is -0.610. The second-order valence-corrected chi connectivity index (χ2v) is 5.50. The molecule has 0 radical (unpaired) electrons. The van der Waals surface area contributed by atoms with Crippen LogP contribution in [0.25, 0.3) is 0 Å². The molecule has 1 heterocycles. The van der Waals surface area contributed by atoms with Crippen molar-refractivity contribution in [1.29, 1.82) is 0 Å². The molecule has 2 atom stereocenters. The number of hydrogen-bond acceptors (Lipinski definition) is 3. The van der Waals surface area contributed by atoms with Gasteiger partial charge in [-0.2, -0.15) is 0 Å². The van der Waals surface area contributed by atoms with Gasteiger partial charge in [-0.1, -0.05) is 20.8 Å². The molecule has 2 N–H and O–H groups in total. The monoisotopic (exact) mass is 241 g/mol. The third-order valence-electron chi connectivity index (χ3n) is 3.53. The van der Waals surface area contributed by atoms with Crippen LogP contribution in [0.2, 0.25) is 0 Å². The van der Waals surface area contributed by atoms with Gasteiger partial charge < -0.3 is 10.6 Å². The quantitative estimate of drug-likeness (QED) is 0.796. The average molecular weight is 241 g/mol. The summed E-state index contributed by atoms with van der Waals surface area (Å²) in [5.74, 6) is 0.601. The predicted molar refractivity (Wildman–Crippen MR) is 70.7 cm³/mol. The highest BCUT2D eigenvalue weighted by Gasteiger charge is 2.28. The molecular formula is C13H27N3O. The molecule has 1 amide bonds. The van der Waals surface area contributed by atoms with Crippen molar-refractivity contribution >= 4 is 5.91 Å². The van der Waals surface area contributed by atoms with Crippen LogP contribution in [0.3, 0.4) is 0 Å². The van der Waals surface area contributed by atoms with E-state index in [1.807, 2.05) is 4.90 Å². The Morgan fingerprint density at radius 3 is 2.53 bits per heavy atom. The minimum absolute atomic E-state index is 0.126. The Labute approximate surface area is 105 Å². The number of likely N-dealkylation sites (N-methyl/N-ethyl adjacent to an activating group) is 1. The third kappa shape index (κ3) is 3.96. The number of hydrogen-bond donors (Lipinski definition) is 1. The minimum atomic E-state index is -0.324. The smallest absolute Gasteiger partial charge is 0.239 e. The van der Waals surface area contributed by atoms with Gasteiger partial charge in [-0.15, -0.1) is 0 Å². The Balaban J connectivity index is 2.49. The van der Waals surface area contributed by atoms with Gasteiger partial charge in [0.1, 0.15) is 0 Å². The van der Waals surface area contributed by atoms with Crippen LogP contribution >= 0.6 is 0 Å². The van der Waals surface area contributed by atoms with Gasteiger partial charge in [0.25, 0.3) is 0 Å². The van der Waals surface area contributed by atoms with Crippen LogP contribution in [-0.4, -0.2) is 54.0 Å². The zero-order chi connectivity index (χ0) is 13.0. The van der Waals surface area contributed by atoms with Gasteiger partial charge in [-0.25, -0.2) is 0 Å². The summed E-state index contributed by atoms with van der Waals surface area (Å²) in [5, 5.41) is 0. The van der Waals surface area contributed by atoms with E-state index in [0.717, 1.165) is 32.6 Å². The van der Waals surface area contributed by atoms with Crippen LogP contribution in [0.1, 0.15) is 34.1 Å². The van der Waals surface area contributed by atoms with Crippen molar-refractivity contribution in [3.05, 3.63) is 0 Å². The van der Waals surface area contributed by atoms with E-state index in [1.165, 1.54) is 0 Å². The average Bonchev–Trinajstić information content (AvgIpc) is 2.27. The summed E-state index contributed by atoms with van der Waals surface area (Å²) in [7, 11) is 0. The Bertz CT molecular complexity index is 255. The lowest BCUT2D eigenvalue weighted by molar-refractivity contribution is -0.135. The van der Waals surface area contributed by atoms with Crippen LogP contribution in [0.15, 0.2) is 0 Å². The number of carbonyl (C=O) groups excluding carboxylic acids is 1. The number of nitrogens with two attached hydrogens (primary N) is 1. The standard InChI is InChI=1S/C13H27N3O/c1-5-15-6-7-16(9-11(15)4)13(17)12(14)8-10(2)3/h10-12H,5-9,14H2,1-4H3/t11?,12-/m0/s1. The van der Waals surface area contributed by atoms with Crippen molar-refractivity contribution < 1.29 is 4.79 Å². The van der Waals surface area contributed by atoms with E-state index in [9.17, 15) is 4.79 Å². The van der Waals surface area contributed by atoms with E-state index >= 15 is 0 Å². The lowest BCUT2D eigenvalue weighted by Crippen LogP contribution is -2.56. The molecule has 1 unspecified atom stereocenters. The highest BCUT2D eigenvalue weighted by molar-refractivity contribution is 5.81. The van der Waals surface area contributed by atoms with Gasteiger partial charge in [0.05, 0.1) is 6.04 Å². The van der Waals surface area contributed by atoms with E-state index in [2.05, 4.69) is 32.6 Å². The van der Waals surface area contributed by atoms with Crippen LogP contribution in [0.4, 0.5) is 0 Å². The summed E-state index contributed by atoms with van der Waals surface area (Å²) in [4.78, 5) is 16.5. The number of amides is 1. The molecule has 0 saturated carbocycles. The molecule has 0 aromatic carbocycles. The first-order chi connectivity index (χ1) is 7.95. The van der Waals surface area contributed by atoms with Crippen molar-refractivity contribution in [3.8, 4) is 0 Å². The fraction of sp³-hybridized carbons (Fsp3) is 0.923. The molecule has 0 spiro atoms. The molecule has 1 rings (SSSR count). The van der Waals surface area contributed by atoms with Crippen LogP contribution in [0, 0.1) is 5.92 Å². The first kappa shape index (κ1) is 14.5. The third-order valence-corrected chi connectivity index (χ3v) is 3.53. The van der Waals surface area contributed by atoms with E-state index in [4.69, 9.17) is 5.73 Å². The van der Waals surface area contributed by atoms with Gasteiger partial charge in [-0.05, 0) is 25.8 Å². The maximum Gasteiger partial charge on any atom is 0.239 e. The second-order valence-electron chi connectivity index (χ2n) is 5.50. The lowest BCUT2D eigenvalue weighted by Gasteiger charge is -2.40. The van der Waals surface area contributed by atoms with Gasteiger partial charge >= 0.3 is 0 Å². The molecule has 0 aromatic heterocycles. The molecule has 4 nitrogen and oxygen atoms in total. The van der Waals surface area contributed by atoms with Gasteiger partial charge in [-0.3, -0.25) is 9.69 Å². The van der Waals surface area contributed by atoms with Crippen molar-refractivity contribution in [3.63, 3.8) is 0 Å². The molecule has 0 aromatic rings. The van der Waals surface area contributed by atoms with Crippen molar-refractivity contribution in [1.82, 2.24) is 9.80 Å². The van der Waals surface area contributed by atoms with Crippen molar-refractivity contribution in [2.45, 2.75) is 46.2 Å². The summed E-state index contributed by atoms with van der Waals surface area (Å²) < 4.78 is 0. The van der Waals surface area contributed by atoms with E-state index in [0.29, 0.717) is 12.0 Å². The largest absolute Gasteiger partial charge is 0.339 e. The molecular weight excluding hydrogens is 214 g/mol. The van der Waals surface area contributed by atoms with Gasteiger partial charge in [0, 0.05) is 25.7 Å². The molecule has 1 aliphatic heterocycles. The predicted octanol–water partition coefficient (Wildman–Crippen LogP) is 0.912. The molecule has 4 heteroatoms. The van der Waals surface area contributed by atoms with Gasteiger partial charge in [0.2, 0.25) is 5.91 Å². The molecule has 1 aliphatic rings. The maximum atomic E-state index is 12.2. The van der Waals surface area contributed by atoms with Crippen LogP contribution in [-0.2, 0) is 4.79 Å². The van der Waals surface area contributed by atoms with E-state index in [-0.39, 0.29) is 11.9 Å². The first-order valence-corrected chi connectivity index (χ1v) is 6.74.